The summed E-state index contributed by atoms with van der Waals surface area (Å²) in [4.78, 5) is 18.9. The van der Waals surface area contributed by atoms with Crippen molar-refractivity contribution in [3.63, 3.8) is 0 Å². The van der Waals surface area contributed by atoms with Crippen LogP contribution >= 0.6 is 0 Å². The van der Waals surface area contributed by atoms with E-state index in [9.17, 15) is 4.79 Å². The van der Waals surface area contributed by atoms with E-state index in [2.05, 4.69) is 15.1 Å². The molecule has 7 heteroatoms. The molecule has 0 spiro atoms. The van der Waals surface area contributed by atoms with Gasteiger partial charge in [0.05, 0.1) is 6.26 Å². The lowest BCUT2D eigenvalue weighted by Gasteiger charge is -2.00. The first kappa shape index (κ1) is 11.4. The summed E-state index contributed by atoms with van der Waals surface area (Å²) in [6, 6.07) is 5.29. The Morgan fingerprint density at radius 1 is 1.42 bits per heavy atom. The largest absolute Gasteiger partial charge is 0.461 e. The van der Waals surface area contributed by atoms with E-state index in [1.807, 2.05) is 0 Å². The number of anilines is 1. The monoisotopic (exact) mass is 257 g/mol. The van der Waals surface area contributed by atoms with E-state index in [-0.39, 0.29) is 5.95 Å². The van der Waals surface area contributed by atoms with Gasteiger partial charge in [-0.15, -0.1) is 5.10 Å². The molecule has 2 N–H and O–H groups in total. The average molecular weight is 257 g/mol. The Kier molecular flexibility index (Phi) is 2.71. The average Bonchev–Trinajstić information content (AvgIpc) is 3.04. The highest BCUT2D eigenvalue weighted by atomic mass is 16.3. The van der Waals surface area contributed by atoms with E-state index < -0.39 is 0 Å². The van der Waals surface area contributed by atoms with Gasteiger partial charge >= 0.3 is 0 Å². The molecule has 0 atom stereocenters. The molecule has 0 aliphatic rings. The highest BCUT2D eigenvalue weighted by Crippen LogP contribution is 2.18. The Hall–Kier alpha value is -2.70. The van der Waals surface area contributed by atoms with Crippen LogP contribution in [0, 0.1) is 0 Å². The molecule has 3 aromatic rings. The molecule has 0 amide bonds. The third-order valence-electron chi connectivity index (χ3n) is 2.66. The molecule has 0 aromatic carbocycles. The number of carbonyl (C=O) groups is 1. The van der Waals surface area contributed by atoms with Gasteiger partial charge in [0, 0.05) is 18.2 Å². The first-order valence-electron chi connectivity index (χ1n) is 5.77. The van der Waals surface area contributed by atoms with Gasteiger partial charge in [0.1, 0.15) is 6.29 Å². The number of furan rings is 1. The highest BCUT2D eigenvalue weighted by Gasteiger charge is 2.12. The maximum Gasteiger partial charge on any atom is 0.223 e. The number of rotatable bonds is 4. The summed E-state index contributed by atoms with van der Waals surface area (Å²) >= 11 is 0. The Morgan fingerprint density at radius 2 is 2.32 bits per heavy atom. The molecular formula is C12H11N5O2. The van der Waals surface area contributed by atoms with Gasteiger partial charge < -0.3 is 14.9 Å². The van der Waals surface area contributed by atoms with Crippen LogP contribution in [0.15, 0.2) is 28.9 Å². The molecule has 0 radical (unpaired) electrons. The van der Waals surface area contributed by atoms with Gasteiger partial charge in [-0.25, -0.2) is 9.97 Å². The number of nitrogens with zero attached hydrogens (tertiary/aromatic N) is 4. The van der Waals surface area contributed by atoms with E-state index in [4.69, 9.17) is 10.2 Å². The number of fused-ring (bicyclic) bond motifs is 1. The van der Waals surface area contributed by atoms with E-state index in [0.717, 1.165) is 12.0 Å². The molecule has 19 heavy (non-hydrogen) atoms. The van der Waals surface area contributed by atoms with Crippen molar-refractivity contribution in [2.45, 2.75) is 12.8 Å². The second-order valence-electron chi connectivity index (χ2n) is 3.99. The predicted octanol–water partition coefficient (Wildman–Crippen LogP) is 1.10. The standard InChI is InChI=1S/C12H11N5O2/c13-12-14-8(3-1-5-18)7-10-15-11(16-17(10)12)9-4-2-6-19-9/h2,4-7H,1,3H2,(H2,13,14). The molecule has 0 bridgehead atoms. The van der Waals surface area contributed by atoms with Gasteiger partial charge in [-0.05, 0) is 18.6 Å². The molecule has 96 valence electrons. The molecule has 3 aromatic heterocycles. The fourth-order valence-corrected chi connectivity index (χ4v) is 1.81. The molecule has 0 saturated carbocycles. The minimum absolute atomic E-state index is 0.240. The van der Waals surface area contributed by atoms with Crippen molar-refractivity contribution >= 4 is 17.9 Å². The molecule has 0 unspecified atom stereocenters. The van der Waals surface area contributed by atoms with Crippen molar-refractivity contribution in [1.82, 2.24) is 19.6 Å². The summed E-state index contributed by atoms with van der Waals surface area (Å²) in [6.45, 7) is 0. The summed E-state index contributed by atoms with van der Waals surface area (Å²) in [6.07, 6.45) is 3.34. The van der Waals surface area contributed by atoms with E-state index in [1.54, 1.807) is 24.5 Å². The van der Waals surface area contributed by atoms with Crippen molar-refractivity contribution in [2.75, 3.05) is 5.73 Å². The van der Waals surface area contributed by atoms with Crippen LogP contribution in [0.4, 0.5) is 5.95 Å². The first-order chi connectivity index (χ1) is 9.28. The van der Waals surface area contributed by atoms with Crippen LogP contribution < -0.4 is 5.73 Å². The van der Waals surface area contributed by atoms with Crippen LogP contribution in [0.5, 0.6) is 0 Å². The fraction of sp³-hybridized carbons (Fsp3) is 0.167. The minimum Gasteiger partial charge on any atom is -0.461 e. The fourth-order valence-electron chi connectivity index (χ4n) is 1.81. The van der Waals surface area contributed by atoms with Crippen molar-refractivity contribution in [2.24, 2.45) is 0 Å². The quantitative estimate of drug-likeness (QED) is 0.702. The van der Waals surface area contributed by atoms with Crippen LogP contribution in [-0.2, 0) is 11.2 Å². The summed E-state index contributed by atoms with van der Waals surface area (Å²) < 4.78 is 6.68. The number of nitrogen functional groups attached to an aromatic ring is 1. The van der Waals surface area contributed by atoms with Gasteiger partial charge in [0.25, 0.3) is 0 Å². The number of hydrogen-bond acceptors (Lipinski definition) is 6. The number of aryl methyl sites for hydroxylation is 1. The molecule has 0 aliphatic carbocycles. The van der Waals surface area contributed by atoms with Gasteiger partial charge in [-0.1, -0.05) is 0 Å². The molecule has 3 heterocycles. The summed E-state index contributed by atoms with van der Waals surface area (Å²) in [5.74, 6) is 1.26. The number of hydrogen-bond donors (Lipinski definition) is 1. The molecule has 3 rings (SSSR count). The van der Waals surface area contributed by atoms with Crippen LogP contribution in [0.25, 0.3) is 17.2 Å². The Balaban J connectivity index is 2.07. The summed E-state index contributed by atoms with van der Waals surface area (Å²) in [5, 5.41) is 4.23. The van der Waals surface area contributed by atoms with Crippen LogP contribution in [-0.4, -0.2) is 25.9 Å². The Morgan fingerprint density at radius 3 is 3.05 bits per heavy atom. The van der Waals surface area contributed by atoms with E-state index in [1.165, 1.54) is 4.52 Å². The zero-order valence-corrected chi connectivity index (χ0v) is 9.98. The number of aromatic nitrogens is 4. The van der Waals surface area contributed by atoms with Crippen molar-refractivity contribution in [1.29, 1.82) is 0 Å². The van der Waals surface area contributed by atoms with Crippen molar-refractivity contribution < 1.29 is 9.21 Å². The number of carbonyl (C=O) groups excluding carboxylic acids is 1. The molecular weight excluding hydrogens is 246 g/mol. The SMILES string of the molecule is Nc1nc(CCC=O)cc2nc(-c3ccco3)nn12. The molecule has 0 fully saturated rings. The maximum absolute atomic E-state index is 10.4. The lowest BCUT2D eigenvalue weighted by molar-refractivity contribution is -0.107. The van der Waals surface area contributed by atoms with Crippen LogP contribution in [0.1, 0.15) is 12.1 Å². The van der Waals surface area contributed by atoms with Gasteiger partial charge in [-0.2, -0.15) is 4.52 Å². The Labute approximate surface area is 108 Å². The van der Waals surface area contributed by atoms with Crippen molar-refractivity contribution in [3.8, 4) is 11.6 Å². The Bertz CT molecular complexity index is 717. The van der Waals surface area contributed by atoms with Gasteiger partial charge in [0.15, 0.2) is 11.4 Å². The van der Waals surface area contributed by atoms with Gasteiger partial charge in [-0.3, -0.25) is 0 Å². The number of nitrogens with two attached hydrogens (primary N) is 1. The first-order valence-corrected chi connectivity index (χ1v) is 5.77. The second kappa shape index (κ2) is 4.52. The normalized spacial score (nSPS) is 10.9. The summed E-state index contributed by atoms with van der Waals surface area (Å²) in [5.41, 5.74) is 7.13. The summed E-state index contributed by atoms with van der Waals surface area (Å²) in [7, 11) is 0. The third kappa shape index (κ3) is 2.05. The highest BCUT2D eigenvalue weighted by molar-refractivity contribution is 5.55. The van der Waals surface area contributed by atoms with E-state index in [0.29, 0.717) is 30.1 Å². The lowest BCUT2D eigenvalue weighted by Crippen LogP contribution is -2.05. The maximum atomic E-state index is 10.4. The lowest BCUT2D eigenvalue weighted by atomic mass is 10.2. The van der Waals surface area contributed by atoms with Crippen molar-refractivity contribution in [3.05, 3.63) is 30.2 Å². The van der Waals surface area contributed by atoms with Crippen LogP contribution in [0.2, 0.25) is 0 Å². The third-order valence-corrected chi connectivity index (χ3v) is 2.66. The zero-order valence-electron chi connectivity index (χ0n) is 9.98. The zero-order chi connectivity index (χ0) is 13.2. The topological polar surface area (TPSA) is 99.3 Å². The molecule has 7 nitrogen and oxygen atoms in total. The molecule has 0 aliphatic heterocycles. The van der Waals surface area contributed by atoms with E-state index >= 15 is 0 Å². The smallest absolute Gasteiger partial charge is 0.223 e. The number of aldehydes is 1. The van der Waals surface area contributed by atoms with Gasteiger partial charge in [0.2, 0.25) is 11.8 Å². The van der Waals surface area contributed by atoms with Crippen LogP contribution in [0.3, 0.4) is 0 Å². The molecule has 0 saturated heterocycles. The predicted molar refractivity (Wildman–Crippen MR) is 67.3 cm³/mol. The second-order valence-corrected chi connectivity index (χ2v) is 3.99. The minimum atomic E-state index is 0.240.